The highest BCUT2D eigenvalue weighted by Crippen LogP contribution is 2.29. The number of benzene rings is 2. The molecule has 21 heavy (non-hydrogen) atoms. The van der Waals surface area contributed by atoms with E-state index in [0.29, 0.717) is 11.3 Å². The van der Waals surface area contributed by atoms with Gasteiger partial charge in [-0.15, -0.1) is 0 Å². The molecule has 110 valence electrons. The Morgan fingerprint density at radius 2 is 1.90 bits per heavy atom. The quantitative estimate of drug-likeness (QED) is 0.936. The van der Waals surface area contributed by atoms with Crippen LogP contribution < -0.4 is 15.0 Å². The molecule has 0 spiro atoms. The van der Waals surface area contributed by atoms with E-state index in [1.54, 1.807) is 19.1 Å². The van der Waals surface area contributed by atoms with Crippen LogP contribution in [0.2, 0.25) is 0 Å². The van der Waals surface area contributed by atoms with Gasteiger partial charge in [0.15, 0.2) is 0 Å². The van der Waals surface area contributed by atoms with Crippen LogP contribution in [0.15, 0.2) is 42.5 Å². The predicted molar refractivity (Wildman–Crippen MR) is 86.5 cm³/mol. The molecule has 0 aliphatic carbocycles. The number of carbonyl (C=O) groups is 1. The second-order valence-corrected chi connectivity index (χ2v) is 4.84. The van der Waals surface area contributed by atoms with E-state index in [0.717, 1.165) is 16.9 Å². The van der Waals surface area contributed by atoms with Gasteiger partial charge in [0.25, 0.3) is 5.91 Å². The average molecular weight is 284 g/mol. The Labute approximate surface area is 125 Å². The van der Waals surface area contributed by atoms with E-state index >= 15 is 0 Å². The van der Waals surface area contributed by atoms with E-state index in [9.17, 15) is 4.79 Å². The average Bonchev–Trinajstić information content (AvgIpc) is 2.53. The van der Waals surface area contributed by atoms with E-state index in [4.69, 9.17) is 4.74 Å². The van der Waals surface area contributed by atoms with Crippen LogP contribution in [-0.2, 0) is 0 Å². The number of hydrogen-bond acceptors (Lipinski definition) is 3. The monoisotopic (exact) mass is 284 g/mol. The van der Waals surface area contributed by atoms with Crippen molar-refractivity contribution in [3.63, 3.8) is 0 Å². The van der Waals surface area contributed by atoms with Crippen molar-refractivity contribution < 1.29 is 9.53 Å². The van der Waals surface area contributed by atoms with Gasteiger partial charge < -0.3 is 15.0 Å². The van der Waals surface area contributed by atoms with E-state index in [-0.39, 0.29) is 5.91 Å². The molecule has 0 unspecified atom stereocenters. The molecule has 1 amide bonds. The maximum Gasteiger partial charge on any atom is 0.260 e. The molecule has 0 aliphatic rings. The second kappa shape index (κ2) is 6.31. The van der Waals surface area contributed by atoms with Gasteiger partial charge in [-0.25, -0.2) is 0 Å². The lowest BCUT2D eigenvalue weighted by molar-refractivity contribution is 0.0993. The summed E-state index contributed by atoms with van der Waals surface area (Å²) in [6.07, 6.45) is 0. The van der Waals surface area contributed by atoms with Gasteiger partial charge in [0, 0.05) is 19.8 Å². The first kappa shape index (κ1) is 14.9. The summed E-state index contributed by atoms with van der Waals surface area (Å²) in [7, 11) is 5.16. The molecule has 4 nitrogen and oxygen atoms in total. The number of rotatable bonds is 4. The third kappa shape index (κ3) is 2.99. The third-order valence-corrected chi connectivity index (χ3v) is 3.43. The molecule has 0 saturated carbocycles. The van der Waals surface area contributed by atoms with Crippen LogP contribution >= 0.6 is 0 Å². The van der Waals surface area contributed by atoms with Gasteiger partial charge in [-0.05, 0) is 36.8 Å². The first-order valence-electron chi connectivity index (χ1n) is 6.78. The molecular weight excluding hydrogens is 264 g/mol. The molecule has 0 aromatic heterocycles. The fourth-order valence-electron chi connectivity index (χ4n) is 2.25. The topological polar surface area (TPSA) is 41.6 Å². The summed E-state index contributed by atoms with van der Waals surface area (Å²) in [4.78, 5) is 14.3. The third-order valence-electron chi connectivity index (χ3n) is 3.43. The minimum absolute atomic E-state index is 0.0798. The fourth-order valence-corrected chi connectivity index (χ4v) is 2.25. The number of carbonyl (C=O) groups excluding carboxylic acids is 1. The number of hydrogen-bond donors (Lipinski definition) is 1. The van der Waals surface area contributed by atoms with Crippen molar-refractivity contribution in [1.82, 2.24) is 0 Å². The highest BCUT2D eigenvalue weighted by atomic mass is 16.5. The number of amides is 1. The van der Waals surface area contributed by atoms with Crippen LogP contribution in [0, 0.1) is 6.92 Å². The molecule has 0 aliphatic heterocycles. The molecular formula is C17H20N2O2. The molecule has 0 fully saturated rings. The zero-order chi connectivity index (χ0) is 15.4. The summed E-state index contributed by atoms with van der Waals surface area (Å²) >= 11 is 0. The maximum atomic E-state index is 12.7. The zero-order valence-electron chi connectivity index (χ0n) is 12.8. The number of ether oxygens (including phenoxy) is 1. The van der Waals surface area contributed by atoms with Crippen molar-refractivity contribution in [2.24, 2.45) is 0 Å². The number of nitrogens with zero attached hydrogens (tertiary/aromatic N) is 1. The Morgan fingerprint density at radius 1 is 1.19 bits per heavy atom. The molecule has 0 atom stereocenters. The van der Waals surface area contributed by atoms with Crippen LogP contribution in [0.1, 0.15) is 15.9 Å². The normalized spacial score (nSPS) is 10.1. The van der Waals surface area contributed by atoms with Gasteiger partial charge in [-0.2, -0.15) is 0 Å². The summed E-state index contributed by atoms with van der Waals surface area (Å²) < 4.78 is 5.32. The number of nitrogens with one attached hydrogen (secondary N) is 1. The molecule has 0 radical (unpaired) electrons. The molecule has 0 heterocycles. The minimum Gasteiger partial charge on any atom is -0.495 e. The predicted octanol–water partition coefficient (Wildman–Crippen LogP) is 3.32. The minimum atomic E-state index is -0.0798. The SMILES string of the molecule is CNc1cc(C)ccc1C(=O)N(C)c1ccccc1OC. The summed E-state index contributed by atoms with van der Waals surface area (Å²) in [5.74, 6) is 0.593. The van der Waals surface area contributed by atoms with Gasteiger partial charge >= 0.3 is 0 Å². The molecule has 1 N–H and O–H groups in total. The van der Waals surface area contributed by atoms with Crippen LogP contribution in [0.3, 0.4) is 0 Å². The number of para-hydroxylation sites is 2. The first-order valence-corrected chi connectivity index (χ1v) is 6.78. The van der Waals surface area contributed by atoms with Crippen LogP contribution in [0.25, 0.3) is 0 Å². The van der Waals surface area contributed by atoms with E-state index in [1.807, 2.05) is 56.4 Å². The largest absolute Gasteiger partial charge is 0.495 e. The van der Waals surface area contributed by atoms with Crippen molar-refractivity contribution in [3.05, 3.63) is 53.6 Å². The zero-order valence-corrected chi connectivity index (χ0v) is 12.8. The Morgan fingerprint density at radius 3 is 2.57 bits per heavy atom. The molecule has 2 aromatic rings. The Balaban J connectivity index is 2.40. The lowest BCUT2D eigenvalue weighted by Crippen LogP contribution is -2.27. The van der Waals surface area contributed by atoms with E-state index < -0.39 is 0 Å². The van der Waals surface area contributed by atoms with Crippen molar-refractivity contribution in [2.75, 3.05) is 31.4 Å². The van der Waals surface area contributed by atoms with Gasteiger partial charge in [0.1, 0.15) is 5.75 Å². The van der Waals surface area contributed by atoms with Crippen LogP contribution in [-0.4, -0.2) is 27.1 Å². The number of methoxy groups -OCH3 is 1. The molecule has 4 heteroatoms. The highest BCUT2D eigenvalue weighted by molar-refractivity contribution is 6.10. The lowest BCUT2D eigenvalue weighted by atomic mass is 10.1. The molecule has 2 rings (SSSR count). The second-order valence-electron chi connectivity index (χ2n) is 4.84. The number of anilines is 2. The molecule has 0 bridgehead atoms. The Hall–Kier alpha value is -2.49. The van der Waals surface area contributed by atoms with E-state index in [2.05, 4.69) is 5.32 Å². The van der Waals surface area contributed by atoms with Gasteiger partial charge in [0.2, 0.25) is 0 Å². The van der Waals surface area contributed by atoms with Gasteiger partial charge in [-0.1, -0.05) is 18.2 Å². The lowest BCUT2D eigenvalue weighted by Gasteiger charge is -2.21. The van der Waals surface area contributed by atoms with Gasteiger partial charge in [-0.3, -0.25) is 4.79 Å². The summed E-state index contributed by atoms with van der Waals surface area (Å²) in [5, 5.41) is 3.07. The first-order chi connectivity index (χ1) is 10.1. The van der Waals surface area contributed by atoms with Crippen molar-refractivity contribution in [2.45, 2.75) is 6.92 Å². The Kier molecular flexibility index (Phi) is 4.48. The summed E-state index contributed by atoms with van der Waals surface area (Å²) in [6.45, 7) is 2.00. The number of aryl methyl sites for hydroxylation is 1. The van der Waals surface area contributed by atoms with Crippen LogP contribution in [0.5, 0.6) is 5.75 Å². The Bertz CT molecular complexity index is 653. The standard InChI is InChI=1S/C17H20N2O2/c1-12-9-10-13(14(11-12)18-2)17(20)19(3)15-7-5-6-8-16(15)21-4/h5-11,18H,1-4H3. The van der Waals surface area contributed by atoms with E-state index in [1.165, 1.54) is 0 Å². The van der Waals surface area contributed by atoms with Gasteiger partial charge in [0.05, 0.1) is 18.4 Å². The maximum absolute atomic E-state index is 12.7. The van der Waals surface area contributed by atoms with Crippen LogP contribution in [0.4, 0.5) is 11.4 Å². The van der Waals surface area contributed by atoms with Crippen molar-refractivity contribution in [1.29, 1.82) is 0 Å². The smallest absolute Gasteiger partial charge is 0.260 e. The fraction of sp³-hybridized carbons (Fsp3) is 0.235. The molecule has 0 saturated heterocycles. The highest BCUT2D eigenvalue weighted by Gasteiger charge is 2.19. The molecule has 2 aromatic carbocycles. The van der Waals surface area contributed by atoms with Crippen molar-refractivity contribution in [3.8, 4) is 5.75 Å². The van der Waals surface area contributed by atoms with Crippen molar-refractivity contribution >= 4 is 17.3 Å². The summed E-state index contributed by atoms with van der Waals surface area (Å²) in [5.41, 5.74) is 3.31. The summed E-state index contributed by atoms with van der Waals surface area (Å²) in [6, 6.07) is 13.2.